The fraction of sp³-hybridized carbons (Fsp3) is 0.357. The lowest BCUT2D eigenvalue weighted by molar-refractivity contribution is 0.0256. The Labute approximate surface area is 121 Å². The number of halogens is 1. The smallest absolute Gasteiger partial charge is 0.101 e. The standard InChI is InChI=1S/C14H18BrN3O/c1-10(16)14(12-7-17-18(2)8-12)19-9-11-5-3-4-6-13(11)15/h3-8,10,14H,9,16H2,1-2H3. The first-order valence-corrected chi connectivity index (χ1v) is 6.96. The molecule has 2 atom stereocenters. The summed E-state index contributed by atoms with van der Waals surface area (Å²) in [7, 11) is 1.88. The number of hydrogen-bond donors (Lipinski definition) is 1. The molecule has 5 heteroatoms. The first-order valence-electron chi connectivity index (χ1n) is 6.17. The maximum absolute atomic E-state index is 6.01. The summed E-state index contributed by atoms with van der Waals surface area (Å²) in [5.74, 6) is 0. The van der Waals surface area contributed by atoms with E-state index in [1.165, 1.54) is 0 Å². The van der Waals surface area contributed by atoms with Gasteiger partial charge in [0.05, 0.1) is 12.8 Å². The molecule has 0 aliphatic carbocycles. The number of benzene rings is 1. The highest BCUT2D eigenvalue weighted by Crippen LogP contribution is 2.24. The van der Waals surface area contributed by atoms with E-state index in [9.17, 15) is 0 Å². The normalized spacial score (nSPS) is 14.3. The Bertz CT molecular complexity index is 539. The van der Waals surface area contributed by atoms with E-state index in [4.69, 9.17) is 10.5 Å². The molecule has 2 N–H and O–H groups in total. The number of aryl methyl sites for hydroxylation is 1. The third kappa shape index (κ3) is 3.65. The van der Waals surface area contributed by atoms with Crippen molar-refractivity contribution in [2.75, 3.05) is 0 Å². The minimum Gasteiger partial charge on any atom is -0.367 e. The van der Waals surface area contributed by atoms with E-state index >= 15 is 0 Å². The summed E-state index contributed by atoms with van der Waals surface area (Å²) in [5, 5.41) is 4.16. The fourth-order valence-electron chi connectivity index (χ4n) is 1.93. The van der Waals surface area contributed by atoms with Gasteiger partial charge >= 0.3 is 0 Å². The maximum Gasteiger partial charge on any atom is 0.101 e. The first kappa shape index (κ1) is 14.2. The van der Waals surface area contributed by atoms with Gasteiger partial charge in [0, 0.05) is 29.3 Å². The van der Waals surface area contributed by atoms with Crippen LogP contribution in [0.4, 0.5) is 0 Å². The minimum absolute atomic E-state index is 0.0910. The number of hydrogen-bond acceptors (Lipinski definition) is 3. The second-order valence-electron chi connectivity index (χ2n) is 4.63. The van der Waals surface area contributed by atoms with E-state index in [1.807, 2.05) is 44.4 Å². The second-order valence-corrected chi connectivity index (χ2v) is 5.48. The van der Waals surface area contributed by atoms with Crippen LogP contribution in [0, 0.1) is 0 Å². The van der Waals surface area contributed by atoms with Crippen LogP contribution in [0.1, 0.15) is 24.2 Å². The van der Waals surface area contributed by atoms with Crippen molar-refractivity contribution >= 4 is 15.9 Å². The SMILES string of the molecule is CC(N)C(OCc1ccccc1Br)c1cnn(C)c1. The van der Waals surface area contributed by atoms with Crippen molar-refractivity contribution in [3.05, 3.63) is 52.3 Å². The van der Waals surface area contributed by atoms with Gasteiger partial charge in [-0.2, -0.15) is 5.10 Å². The molecule has 2 aromatic rings. The largest absolute Gasteiger partial charge is 0.367 e. The number of nitrogens with two attached hydrogens (primary N) is 1. The molecule has 0 spiro atoms. The van der Waals surface area contributed by atoms with Gasteiger partial charge in [-0.15, -0.1) is 0 Å². The summed E-state index contributed by atoms with van der Waals surface area (Å²) in [6, 6.07) is 7.92. The molecule has 1 aromatic carbocycles. The molecule has 0 radical (unpaired) electrons. The average molecular weight is 324 g/mol. The molecule has 1 aromatic heterocycles. The van der Waals surface area contributed by atoms with Gasteiger partial charge in [0.15, 0.2) is 0 Å². The van der Waals surface area contributed by atoms with E-state index in [-0.39, 0.29) is 12.1 Å². The summed E-state index contributed by atoms with van der Waals surface area (Å²) >= 11 is 3.52. The summed E-state index contributed by atoms with van der Waals surface area (Å²) in [6.45, 7) is 2.46. The Kier molecular flexibility index (Phi) is 4.74. The second kappa shape index (κ2) is 6.32. The molecule has 19 heavy (non-hydrogen) atoms. The van der Waals surface area contributed by atoms with Crippen molar-refractivity contribution in [2.24, 2.45) is 12.8 Å². The van der Waals surface area contributed by atoms with Gasteiger partial charge in [0.1, 0.15) is 6.10 Å². The molecule has 0 amide bonds. The van der Waals surface area contributed by atoms with Gasteiger partial charge in [-0.05, 0) is 18.6 Å². The number of rotatable bonds is 5. The fourth-order valence-corrected chi connectivity index (χ4v) is 2.33. The van der Waals surface area contributed by atoms with Crippen LogP contribution in [0.3, 0.4) is 0 Å². The Morgan fingerprint density at radius 2 is 2.16 bits per heavy atom. The Morgan fingerprint density at radius 1 is 1.42 bits per heavy atom. The zero-order valence-electron chi connectivity index (χ0n) is 11.1. The van der Waals surface area contributed by atoms with Crippen LogP contribution in [-0.4, -0.2) is 15.8 Å². The van der Waals surface area contributed by atoms with Crippen LogP contribution >= 0.6 is 15.9 Å². The van der Waals surface area contributed by atoms with E-state index in [0.717, 1.165) is 15.6 Å². The van der Waals surface area contributed by atoms with E-state index in [0.29, 0.717) is 6.61 Å². The summed E-state index contributed by atoms with van der Waals surface area (Å²) < 4.78 is 8.76. The van der Waals surface area contributed by atoms with Crippen molar-refractivity contribution in [3.63, 3.8) is 0 Å². The van der Waals surface area contributed by atoms with E-state index < -0.39 is 0 Å². The van der Waals surface area contributed by atoms with Crippen molar-refractivity contribution in [1.29, 1.82) is 0 Å². The molecule has 2 rings (SSSR count). The predicted octanol–water partition coefficient (Wildman–Crippen LogP) is 2.79. The molecule has 102 valence electrons. The van der Waals surface area contributed by atoms with Crippen LogP contribution in [0.25, 0.3) is 0 Å². The Morgan fingerprint density at radius 3 is 2.74 bits per heavy atom. The van der Waals surface area contributed by atoms with Crippen molar-refractivity contribution < 1.29 is 4.74 Å². The molecule has 2 unspecified atom stereocenters. The van der Waals surface area contributed by atoms with Gasteiger partial charge in [0.25, 0.3) is 0 Å². The van der Waals surface area contributed by atoms with Crippen LogP contribution in [0.2, 0.25) is 0 Å². The molecule has 0 aliphatic rings. The third-order valence-electron chi connectivity index (χ3n) is 2.91. The van der Waals surface area contributed by atoms with E-state index in [2.05, 4.69) is 21.0 Å². The molecule has 0 saturated carbocycles. The van der Waals surface area contributed by atoms with Crippen molar-refractivity contribution in [3.8, 4) is 0 Å². The predicted molar refractivity (Wildman–Crippen MR) is 78.5 cm³/mol. The lowest BCUT2D eigenvalue weighted by Crippen LogP contribution is -2.26. The lowest BCUT2D eigenvalue weighted by atomic mass is 10.1. The monoisotopic (exact) mass is 323 g/mol. The highest BCUT2D eigenvalue weighted by Gasteiger charge is 2.18. The van der Waals surface area contributed by atoms with Crippen LogP contribution in [0.5, 0.6) is 0 Å². The molecular formula is C14H18BrN3O. The molecule has 1 heterocycles. The quantitative estimate of drug-likeness (QED) is 0.920. The molecule has 0 bridgehead atoms. The summed E-state index contributed by atoms with van der Waals surface area (Å²) in [6.07, 6.45) is 3.59. The molecule has 0 saturated heterocycles. The minimum atomic E-state index is -0.152. The average Bonchev–Trinajstić information content (AvgIpc) is 2.78. The maximum atomic E-state index is 6.01. The van der Waals surface area contributed by atoms with Gasteiger partial charge in [-0.1, -0.05) is 34.1 Å². The number of aromatic nitrogens is 2. The molecule has 4 nitrogen and oxygen atoms in total. The zero-order valence-corrected chi connectivity index (χ0v) is 12.7. The molecule has 0 fully saturated rings. The first-order chi connectivity index (χ1) is 9.08. The summed E-state index contributed by atoms with van der Waals surface area (Å²) in [4.78, 5) is 0. The van der Waals surface area contributed by atoms with Crippen LogP contribution in [0.15, 0.2) is 41.1 Å². The van der Waals surface area contributed by atoms with Gasteiger partial charge in [0.2, 0.25) is 0 Å². The van der Waals surface area contributed by atoms with Crippen molar-refractivity contribution in [1.82, 2.24) is 9.78 Å². The van der Waals surface area contributed by atoms with Gasteiger partial charge < -0.3 is 10.5 Å². The Balaban J connectivity index is 2.08. The highest BCUT2D eigenvalue weighted by atomic mass is 79.9. The number of ether oxygens (including phenoxy) is 1. The Hall–Kier alpha value is -1.17. The van der Waals surface area contributed by atoms with E-state index in [1.54, 1.807) is 10.9 Å². The zero-order chi connectivity index (χ0) is 13.8. The molecular weight excluding hydrogens is 306 g/mol. The highest BCUT2D eigenvalue weighted by molar-refractivity contribution is 9.10. The third-order valence-corrected chi connectivity index (χ3v) is 3.68. The number of nitrogens with zero attached hydrogens (tertiary/aromatic N) is 2. The summed E-state index contributed by atoms with van der Waals surface area (Å²) in [5.41, 5.74) is 8.12. The molecule has 0 aliphatic heterocycles. The lowest BCUT2D eigenvalue weighted by Gasteiger charge is -2.20. The van der Waals surface area contributed by atoms with Gasteiger partial charge in [-0.25, -0.2) is 0 Å². The van der Waals surface area contributed by atoms with Crippen LogP contribution < -0.4 is 5.73 Å². The topological polar surface area (TPSA) is 53.1 Å². The van der Waals surface area contributed by atoms with Crippen LogP contribution in [-0.2, 0) is 18.4 Å². The van der Waals surface area contributed by atoms with Crippen molar-refractivity contribution in [2.45, 2.75) is 25.7 Å². The van der Waals surface area contributed by atoms with Gasteiger partial charge in [-0.3, -0.25) is 4.68 Å².